The SMILES string of the molecule is NS(=O)(=O)OCC1CCC(Nc2ccnc3cc(-c4ccc(SC(F)(F)F)cc4)nn23)C1. The Kier molecular flexibility index (Phi) is 6.34. The minimum Gasteiger partial charge on any atom is -0.367 e. The first kappa shape index (κ1) is 22.8. The molecule has 3 N–H and O–H groups in total. The number of rotatable bonds is 7. The number of alkyl halides is 3. The van der Waals surface area contributed by atoms with Gasteiger partial charge in [0.1, 0.15) is 5.82 Å². The van der Waals surface area contributed by atoms with Crippen molar-refractivity contribution >= 4 is 33.5 Å². The molecule has 1 aromatic carbocycles. The number of aromatic nitrogens is 3. The van der Waals surface area contributed by atoms with Gasteiger partial charge in [-0.3, -0.25) is 4.18 Å². The smallest absolute Gasteiger partial charge is 0.367 e. The Balaban J connectivity index is 1.47. The van der Waals surface area contributed by atoms with E-state index >= 15 is 0 Å². The number of nitrogens with zero attached hydrogens (tertiary/aromatic N) is 3. The summed E-state index contributed by atoms with van der Waals surface area (Å²) in [5, 5.41) is 12.8. The van der Waals surface area contributed by atoms with Crippen molar-refractivity contribution in [3.8, 4) is 11.3 Å². The van der Waals surface area contributed by atoms with Crippen LogP contribution in [0.15, 0.2) is 47.5 Å². The summed E-state index contributed by atoms with van der Waals surface area (Å²) in [6, 6.07) is 9.64. The van der Waals surface area contributed by atoms with Crippen molar-refractivity contribution in [2.45, 2.75) is 35.7 Å². The predicted molar refractivity (Wildman–Crippen MR) is 114 cm³/mol. The van der Waals surface area contributed by atoms with Crippen LogP contribution in [0.4, 0.5) is 19.0 Å². The summed E-state index contributed by atoms with van der Waals surface area (Å²) >= 11 is -0.163. The van der Waals surface area contributed by atoms with E-state index in [4.69, 9.17) is 9.32 Å². The van der Waals surface area contributed by atoms with Crippen molar-refractivity contribution in [2.24, 2.45) is 11.1 Å². The number of hydrogen-bond acceptors (Lipinski definition) is 7. The molecule has 2 heterocycles. The lowest BCUT2D eigenvalue weighted by molar-refractivity contribution is -0.0328. The zero-order chi connectivity index (χ0) is 22.9. The van der Waals surface area contributed by atoms with Gasteiger partial charge in [0.05, 0.1) is 12.3 Å². The van der Waals surface area contributed by atoms with Crippen LogP contribution in [-0.2, 0) is 14.5 Å². The topological polar surface area (TPSA) is 112 Å². The maximum Gasteiger partial charge on any atom is 0.446 e. The normalized spacial score (nSPS) is 19.5. The van der Waals surface area contributed by atoms with Crippen LogP contribution >= 0.6 is 11.8 Å². The number of benzene rings is 1. The molecule has 1 fully saturated rings. The molecule has 0 radical (unpaired) electrons. The molecule has 1 aliphatic carbocycles. The van der Waals surface area contributed by atoms with Gasteiger partial charge in [0.25, 0.3) is 0 Å². The summed E-state index contributed by atoms with van der Waals surface area (Å²) in [5.41, 5.74) is -2.49. The lowest BCUT2D eigenvalue weighted by Crippen LogP contribution is -2.21. The molecule has 0 spiro atoms. The van der Waals surface area contributed by atoms with Gasteiger partial charge in [-0.1, -0.05) is 12.1 Å². The molecule has 0 saturated heterocycles. The Morgan fingerprint density at radius 1 is 1.22 bits per heavy atom. The van der Waals surface area contributed by atoms with Crippen molar-refractivity contribution in [3.05, 3.63) is 42.6 Å². The number of thioether (sulfide) groups is 1. The monoisotopic (exact) mass is 487 g/mol. The van der Waals surface area contributed by atoms with Gasteiger partial charge in [-0.25, -0.2) is 10.1 Å². The van der Waals surface area contributed by atoms with Gasteiger partial charge < -0.3 is 5.32 Å². The highest BCUT2D eigenvalue weighted by molar-refractivity contribution is 8.00. The quantitative estimate of drug-likeness (QED) is 0.488. The summed E-state index contributed by atoms with van der Waals surface area (Å²) in [5.74, 6) is 0.785. The molecule has 13 heteroatoms. The highest BCUT2D eigenvalue weighted by atomic mass is 32.2. The average Bonchev–Trinajstić information content (AvgIpc) is 3.32. The van der Waals surface area contributed by atoms with Crippen LogP contribution < -0.4 is 10.5 Å². The summed E-state index contributed by atoms with van der Waals surface area (Å²) in [6.45, 7) is 0.0529. The van der Waals surface area contributed by atoms with Crippen LogP contribution in [-0.4, -0.2) is 41.2 Å². The van der Waals surface area contributed by atoms with Gasteiger partial charge in [0, 0.05) is 28.8 Å². The number of fused-ring (bicyclic) bond motifs is 1. The third-order valence-corrected chi connectivity index (χ3v) is 6.31. The molecule has 1 saturated carbocycles. The molecule has 8 nitrogen and oxygen atoms in total. The van der Waals surface area contributed by atoms with Crippen molar-refractivity contribution in [1.29, 1.82) is 0 Å². The van der Waals surface area contributed by atoms with Crippen molar-refractivity contribution in [2.75, 3.05) is 11.9 Å². The Labute approximate surface area is 186 Å². The van der Waals surface area contributed by atoms with Crippen LogP contribution in [0.1, 0.15) is 19.3 Å². The van der Waals surface area contributed by atoms with E-state index < -0.39 is 15.8 Å². The molecule has 2 atom stereocenters. The summed E-state index contributed by atoms with van der Waals surface area (Å²) in [6.07, 6.45) is 3.98. The third kappa shape index (κ3) is 5.91. The number of hydrogen-bond donors (Lipinski definition) is 2. The summed E-state index contributed by atoms with van der Waals surface area (Å²) in [4.78, 5) is 4.41. The summed E-state index contributed by atoms with van der Waals surface area (Å²) in [7, 11) is -3.95. The van der Waals surface area contributed by atoms with Gasteiger partial charge >= 0.3 is 15.8 Å². The van der Waals surface area contributed by atoms with Crippen molar-refractivity contribution < 1.29 is 25.8 Å². The van der Waals surface area contributed by atoms with Gasteiger partial charge in [-0.15, -0.1) is 0 Å². The van der Waals surface area contributed by atoms with Gasteiger partial charge in [-0.2, -0.15) is 31.2 Å². The second-order valence-electron chi connectivity index (χ2n) is 7.50. The lowest BCUT2D eigenvalue weighted by atomic mass is 10.1. The summed E-state index contributed by atoms with van der Waals surface area (Å²) < 4.78 is 65.9. The number of anilines is 1. The Morgan fingerprint density at radius 2 is 1.97 bits per heavy atom. The molecular formula is C19H20F3N5O3S2. The first-order chi connectivity index (χ1) is 15.1. The maximum absolute atomic E-state index is 12.5. The van der Waals surface area contributed by atoms with E-state index in [0.29, 0.717) is 29.1 Å². The van der Waals surface area contributed by atoms with Crippen LogP contribution in [0.5, 0.6) is 0 Å². The standard InChI is InChI=1S/C19H20F3N5O3S2/c20-19(21,22)31-15-5-2-13(3-6-15)16-10-18-24-8-7-17(27(18)26-16)25-14-4-1-12(9-14)11-30-32(23,28)29/h2-3,5-8,10,12,14,25H,1,4,9,11H2,(H2,23,28,29). The molecule has 2 unspecified atom stereocenters. The molecule has 0 amide bonds. The molecule has 0 aliphatic heterocycles. The molecule has 3 aromatic rings. The van der Waals surface area contributed by atoms with Gasteiger partial charge in [-0.05, 0) is 55.1 Å². The minimum absolute atomic E-state index is 0.0529. The molecule has 1 aliphatic rings. The van der Waals surface area contributed by atoms with Gasteiger partial charge in [0.2, 0.25) is 0 Å². The fraction of sp³-hybridized carbons (Fsp3) is 0.368. The zero-order valence-corrected chi connectivity index (χ0v) is 18.3. The van der Waals surface area contributed by atoms with Gasteiger partial charge in [0.15, 0.2) is 5.65 Å². The molecular weight excluding hydrogens is 467 g/mol. The number of nitrogens with one attached hydrogen (secondary N) is 1. The highest BCUT2D eigenvalue weighted by Crippen LogP contribution is 2.37. The molecule has 32 heavy (non-hydrogen) atoms. The largest absolute Gasteiger partial charge is 0.446 e. The Morgan fingerprint density at radius 3 is 2.66 bits per heavy atom. The highest BCUT2D eigenvalue weighted by Gasteiger charge is 2.29. The lowest BCUT2D eigenvalue weighted by Gasteiger charge is -2.15. The number of nitrogens with two attached hydrogens (primary N) is 1. The minimum atomic E-state index is -4.33. The maximum atomic E-state index is 12.5. The molecule has 4 rings (SSSR count). The van der Waals surface area contributed by atoms with Crippen LogP contribution in [0.3, 0.4) is 0 Å². The molecule has 172 valence electrons. The second-order valence-corrected chi connectivity index (χ2v) is 9.86. The number of halogens is 3. The van der Waals surface area contributed by atoms with Crippen LogP contribution in [0.2, 0.25) is 0 Å². The van der Waals surface area contributed by atoms with Crippen molar-refractivity contribution in [3.63, 3.8) is 0 Å². The van der Waals surface area contributed by atoms with E-state index in [1.54, 1.807) is 35.0 Å². The van der Waals surface area contributed by atoms with E-state index in [9.17, 15) is 21.6 Å². The first-order valence-corrected chi connectivity index (χ1v) is 12.0. The fourth-order valence-electron chi connectivity index (χ4n) is 3.73. The average molecular weight is 488 g/mol. The Hall–Kier alpha value is -2.35. The Bertz CT molecular complexity index is 1200. The van der Waals surface area contributed by atoms with E-state index in [2.05, 4.69) is 15.4 Å². The van der Waals surface area contributed by atoms with E-state index in [-0.39, 0.29) is 35.2 Å². The third-order valence-electron chi connectivity index (χ3n) is 5.10. The van der Waals surface area contributed by atoms with Crippen LogP contribution in [0, 0.1) is 5.92 Å². The predicted octanol–water partition coefficient (Wildman–Crippen LogP) is 3.81. The van der Waals surface area contributed by atoms with E-state index in [1.165, 1.54) is 12.1 Å². The molecule has 2 aromatic heterocycles. The fourth-order valence-corrected chi connectivity index (χ4v) is 4.65. The van der Waals surface area contributed by atoms with Crippen molar-refractivity contribution in [1.82, 2.24) is 14.6 Å². The van der Waals surface area contributed by atoms with E-state index in [0.717, 1.165) is 12.8 Å². The second kappa shape index (κ2) is 8.89. The zero-order valence-electron chi connectivity index (χ0n) is 16.6. The van der Waals surface area contributed by atoms with Crippen LogP contribution in [0.25, 0.3) is 16.9 Å². The molecule has 0 bridgehead atoms. The van der Waals surface area contributed by atoms with E-state index in [1.807, 2.05) is 0 Å². The first-order valence-electron chi connectivity index (χ1n) is 9.70.